The summed E-state index contributed by atoms with van der Waals surface area (Å²) in [4.78, 5) is 21.6. The lowest BCUT2D eigenvalue weighted by Gasteiger charge is -2.41. The third-order valence-electron chi connectivity index (χ3n) is 8.45. The third-order valence-corrected chi connectivity index (χ3v) is 8.45. The SMILES string of the molecule is Cc1cc2cc(-c3ccc(C4=NC5(CC5)CN4CC4CN(C(=O)C5CC5)C4)c(F)c3)ccc2n1C. The Morgan fingerprint density at radius 3 is 2.54 bits per heavy atom. The molecule has 5 nitrogen and oxygen atoms in total. The van der Waals surface area contributed by atoms with E-state index in [2.05, 4.69) is 47.7 Å². The van der Waals surface area contributed by atoms with Gasteiger partial charge in [-0.15, -0.1) is 0 Å². The van der Waals surface area contributed by atoms with Crippen LogP contribution in [-0.4, -0.2) is 57.8 Å². The van der Waals surface area contributed by atoms with Crippen molar-refractivity contribution in [3.8, 4) is 11.1 Å². The van der Waals surface area contributed by atoms with Crippen LogP contribution in [0.3, 0.4) is 0 Å². The predicted octanol–water partition coefficient (Wildman–Crippen LogP) is 4.76. The summed E-state index contributed by atoms with van der Waals surface area (Å²) in [6.07, 6.45) is 4.28. The van der Waals surface area contributed by atoms with Crippen LogP contribution in [-0.2, 0) is 11.8 Å². The van der Waals surface area contributed by atoms with Crippen molar-refractivity contribution in [1.29, 1.82) is 0 Å². The van der Waals surface area contributed by atoms with Gasteiger partial charge in [-0.3, -0.25) is 9.79 Å². The lowest BCUT2D eigenvalue weighted by molar-refractivity contribution is -0.139. The van der Waals surface area contributed by atoms with E-state index in [1.165, 1.54) is 16.6 Å². The number of hydrogen-bond donors (Lipinski definition) is 0. The van der Waals surface area contributed by atoms with Gasteiger partial charge in [-0.05, 0) is 74.1 Å². The minimum Gasteiger partial charge on any atom is -0.353 e. The van der Waals surface area contributed by atoms with Gasteiger partial charge in [0.05, 0.1) is 11.1 Å². The molecule has 1 spiro atoms. The maximum atomic E-state index is 15.5. The van der Waals surface area contributed by atoms with Crippen LogP contribution in [0.5, 0.6) is 0 Å². The van der Waals surface area contributed by atoms with Crippen molar-refractivity contribution in [3.63, 3.8) is 0 Å². The zero-order valence-corrected chi connectivity index (χ0v) is 20.4. The van der Waals surface area contributed by atoms with Crippen LogP contribution in [0.25, 0.3) is 22.0 Å². The van der Waals surface area contributed by atoms with Crippen molar-refractivity contribution in [2.75, 3.05) is 26.2 Å². The molecule has 2 aromatic carbocycles. The standard InChI is InChI=1S/C29H31FN4O/c1-18-11-23-12-21(6-8-26(23)32(18)2)22-5-7-24(25(30)13-22)27-31-29(9-10-29)17-34(27)16-19-14-33(15-19)28(35)20-3-4-20/h5-8,11-13,19-20H,3-4,9-10,14-17H2,1-2H3. The van der Waals surface area contributed by atoms with Crippen LogP contribution in [0, 0.1) is 24.6 Å². The van der Waals surface area contributed by atoms with E-state index in [0.717, 1.165) is 68.8 Å². The first-order valence-electron chi connectivity index (χ1n) is 12.9. The first-order chi connectivity index (χ1) is 16.9. The van der Waals surface area contributed by atoms with Crippen LogP contribution in [0.1, 0.15) is 36.9 Å². The number of rotatable bonds is 5. The molecule has 2 saturated carbocycles. The van der Waals surface area contributed by atoms with Crippen LogP contribution < -0.4 is 0 Å². The molecule has 0 unspecified atom stereocenters. The Hall–Kier alpha value is -3.15. The average Bonchev–Trinajstić information content (AvgIpc) is 3.73. The molecule has 35 heavy (non-hydrogen) atoms. The monoisotopic (exact) mass is 470 g/mol. The average molecular weight is 471 g/mol. The second-order valence-corrected chi connectivity index (χ2v) is 11.2. The van der Waals surface area contributed by atoms with Crippen molar-refractivity contribution >= 4 is 22.6 Å². The number of fused-ring (bicyclic) bond motifs is 1. The van der Waals surface area contributed by atoms with Gasteiger partial charge in [-0.25, -0.2) is 4.39 Å². The Bertz CT molecular complexity index is 1390. The lowest BCUT2D eigenvalue weighted by Crippen LogP contribution is -2.54. The Kier molecular flexibility index (Phi) is 4.49. The van der Waals surface area contributed by atoms with E-state index in [1.807, 2.05) is 17.0 Å². The van der Waals surface area contributed by atoms with E-state index in [0.29, 0.717) is 17.4 Å². The maximum Gasteiger partial charge on any atom is 0.225 e. The second kappa shape index (κ2) is 7.42. The fourth-order valence-electron chi connectivity index (χ4n) is 5.87. The van der Waals surface area contributed by atoms with Crippen molar-refractivity contribution < 1.29 is 9.18 Å². The Balaban J connectivity index is 1.12. The van der Waals surface area contributed by atoms with E-state index in [-0.39, 0.29) is 17.3 Å². The zero-order valence-electron chi connectivity index (χ0n) is 20.4. The molecule has 2 aliphatic carbocycles. The van der Waals surface area contributed by atoms with Crippen molar-refractivity contribution in [2.24, 2.45) is 23.9 Å². The summed E-state index contributed by atoms with van der Waals surface area (Å²) in [6.45, 7) is 5.48. The van der Waals surface area contributed by atoms with E-state index < -0.39 is 0 Å². The number of aromatic nitrogens is 1. The number of likely N-dealkylation sites (tertiary alicyclic amines) is 1. The Labute approximate surface area is 205 Å². The normalized spacial score (nSPS) is 21.1. The molecule has 0 radical (unpaired) electrons. The van der Waals surface area contributed by atoms with Gasteiger partial charge < -0.3 is 14.4 Å². The zero-order chi connectivity index (χ0) is 23.9. The minimum absolute atomic E-state index is 0.0100. The van der Waals surface area contributed by atoms with Gasteiger partial charge in [0.15, 0.2) is 0 Å². The number of aryl methyl sites for hydroxylation is 2. The summed E-state index contributed by atoms with van der Waals surface area (Å²) < 4.78 is 17.7. The highest BCUT2D eigenvalue weighted by Gasteiger charge is 2.50. The van der Waals surface area contributed by atoms with Gasteiger partial charge in [-0.2, -0.15) is 0 Å². The van der Waals surface area contributed by atoms with E-state index >= 15 is 4.39 Å². The quantitative estimate of drug-likeness (QED) is 0.540. The smallest absolute Gasteiger partial charge is 0.225 e. The molecule has 1 amide bonds. The molecule has 3 fully saturated rings. The molecule has 3 heterocycles. The summed E-state index contributed by atoms with van der Waals surface area (Å²) in [5.41, 5.74) is 4.88. The number of carbonyl (C=O) groups excluding carboxylic acids is 1. The first kappa shape index (κ1) is 21.2. The number of halogens is 1. The molecule has 6 heteroatoms. The second-order valence-electron chi connectivity index (χ2n) is 11.2. The molecular formula is C29H31FN4O. The number of carbonyl (C=O) groups is 1. The van der Waals surface area contributed by atoms with Crippen molar-refractivity contribution in [3.05, 3.63) is 59.5 Å². The van der Waals surface area contributed by atoms with Gasteiger partial charge >= 0.3 is 0 Å². The number of amides is 1. The van der Waals surface area contributed by atoms with E-state index in [9.17, 15) is 4.79 Å². The summed E-state index contributed by atoms with van der Waals surface area (Å²) in [5, 5.41) is 1.17. The molecular weight excluding hydrogens is 439 g/mol. The fraction of sp³-hybridized carbons (Fsp3) is 0.448. The van der Waals surface area contributed by atoms with Gasteiger partial charge in [0.2, 0.25) is 5.91 Å². The van der Waals surface area contributed by atoms with Crippen LogP contribution >= 0.6 is 0 Å². The number of benzene rings is 2. The summed E-state index contributed by atoms with van der Waals surface area (Å²) in [7, 11) is 2.07. The summed E-state index contributed by atoms with van der Waals surface area (Å²) >= 11 is 0. The van der Waals surface area contributed by atoms with Crippen molar-refractivity contribution in [1.82, 2.24) is 14.4 Å². The molecule has 180 valence electrons. The molecule has 0 bridgehead atoms. The number of hydrogen-bond acceptors (Lipinski definition) is 3. The van der Waals surface area contributed by atoms with Gasteiger partial charge in [0.25, 0.3) is 0 Å². The van der Waals surface area contributed by atoms with Crippen LogP contribution in [0.2, 0.25) is 0 Å². The molecule has 7 rings (SSSR count). The molecule has 0 atom stereocenters. The summed E-state index contributed by atoms with van der Waals surface area (Å²) in [5.74, 6) is 1.65. The molecule has 3 aromatic rings. The Morgan fingerprint density at radius 2 is 1.83 bits per heavy atom. The highest BCUT2D eigenvalue weighted by molar-refractivity contribution is 6.01. The highest BCUT2D eigenvalue weighted by atomic mass is 19.1. The van der Waals surface area contributed by atoms with Gasteiger partial charge in [0.1, 0.15) is 11.7 Å². The number of amidine groups is 1. The Morgan fingerprint density at radius 1 is 1.09 bits per heavy atom. The van der Waals surface area contributed by atoms with E-state index in [4.69, 9.17) is 4.99 Å². The topological polar surface area (TPSA) is 40.8 Å². The predicted molar refractivity (Wildman–Crippen MR) is 136 cm³/mol. The summed E-state index contributed by atoms with van der Waals surface area (Å²) in [6, 6.07) is 14.1. The van der Waals surface area contributed by atoms with Crippen molar-refractivity contribution in [2.45, 2.75) is 38.1 Å². The molecule has 0 N–H and O–H groups in total. The molecule has 1 saturated heterocycles. The fourth-order valence-corrected chi connectivity index (χ4v) is 5.87. The highest BCUT2D eigenvalue weighted by Crippen LogP contribution is 2.45. The van der Waals surface area contributed by atoms with Crippen LogP contribution in [0.4, 0.5) is 4.39 Å². The maximum absolute atomic E-state index is 15.5. The third kappa shape index (κ3) is 3.57. The molecule has 2 aliphatic heterocycles. The largest absolute Gasteiger partial charge is 0.353 e. The van der Waals surface area contributed by atoms with Crippen LogP contribution in [0.15, 0.2) is 47.5 Å². The number of nitrogens with zero attached hydrogens (tertiary/aromatic N) is 4. The number of aliphatic imine (C=N–C) groups is 1. The van der Waals surface area contributed by atoms with Gasteiger partial charge in [-0.1, -0.05) is 12.1 Å². The van der Waals surface area contributed by atoms with Gasteiger partial charge in [0, 0.05) is 61.7 Å². The minimum atomic E-state index is -0.215. The molecule has 4 aliphatic rings. The molecule has 1 aromatic heterocycles. The lowest BCUT2D eigenvalue weighted by atomic mass is 9.97. The first-order valence-corrected chi connectivity index (χ1v) is 12.9. The van der Waals surface area contributed by atoms with E-state index in [1.54, 1.807) is 6.07 Å².